The van der Waals surface area contributed by atoms with Gasteiger partial charge in [-0.2, -0.15) is 4.98 Å². The zero-order valence-electron chi connectivity index (χ0n) is 7.11. The fraction of sp³-hybridized carbons (Fsp3) is 0.500. The van der Waals surface area contributed by atoms with Gasteiger partial charge >= 0.3 is 0 Å². The van der Waals surface area contributed by atoms with Crippen LogP contribution in [0.4, 0.5) is 5.95 Å². The molecule has 0 aromatic carbocycles. The van der Waals surface area contributed by atoms with E-state index in [0.717, 1.165) is 0 Å². The minimum atomic E-state index is -0.593. The average molecular weight is 185 g/mol. The normalized spacial score (nSPS) is 12.5. The minimum Gasteiger partial charge on any atom is -0.392 e. The number of H-pyrrole nitrogens is 1. The summed E-state index contributed by atoms with van der Waals surface area (Å²) in [4.78, 5) is 14.8. The van der Waals surface area contributed by atoms with E-state index in [1.807, 2.05) is 0 Å². The Balaban J connectivity index is 2.49. The summed E-state index contributed by atoms with van der Waals surface area (Å²) in [6.45, 7) is 1.73. The van der Waals surface area contributed by atoms with Crippen molar-refractivity contribution < 1.29 is 9.90 Å². The van der Waals surface area contributed by atoms with Crippen molar-refractivity contribution in [3.05, 3.63) is 5.82 Å². The van der Waals surface area contributed by atoms with Gasteiger partial charge in [0.05, 0.1) is 6.10 Å². The molecule has 1 heterocycles. The Labute approximate surface area is 74.4 Å². The standard InChI is InChI=1S/C6H11N5O2/c1-3(12)2-8-5(13)4-9-6(7)11-10-4/h3,12H,2H2,1H3,(H,8,13)(H3,7,9,10,11)/t3-/m1/s1. The first kappa shape index (κ1) is 9.46. The fourth-order valence-electron chi connectivity index (χ4n) is 0.700. The number of rotatable bonds is 3. The van der Waals surface area contributed by atoms with Crippen molar-refractivity contribution in [3.8, 4) is 0 Å². The van der Waals surface area contributed by atoms with Crippen molar-refractivity contribution in [2.24, 2.45) is 0 Å². The zero-order valence-corrected chi connectivity index (χ0v) is 7.11. The summed E-state index contributed by atoms with van der Waals surface area (Å²) in [5.74, 6) is -0.384. The number of nitrogens with two attached hydrogens (primary N) is 1. The third kappa shape index (κ3) is 2.71. The largest absolute Gasteiger partial charge is 0.392 e. The highest BCUT2D eigenvalue weighted by molar-refractivity contribution is 5.90. The highest BCUT2D eigenvalue weighted by Crippen LogP contribution is 1.92. The zero-order chi connectivity index (χ0) is 9.84. The second-order valence-electron chi connectivity index (χ2n) is 2.60. The van der Waals surface area contributed by atoms with Crippen molar-refractivity contribution >= 4 is 11.9 Å². The predicted octanol–water partition coefficient (Wildman–Crippen LogP) is -1.50. The van der Waals surface area contributed by atoms with Crippen molar-refractivity contribution in [2.45, 2.75) is 13.0 Å². The smallest absolute Gasteiger partial charge is 0.288 e. The monoisotopic (exact) mass is 185 g/mol. The lowest BCUT2D eigenvalue weighted by atomic mass is 10.4. The summed E-state index contributed by atoms with van der Waals surface area (Å²) in [6, 6.07) is 0. The van der Waals surface area contributed by atoms with Gasteiger partial charge in [0.1, 0.15) is 0 Å². The molecule has 0 aliphatic rings. The molecule has 0 bridgehead atoms. The van der Waals surface area contributed by atoms with Gasteiger partial charge in [0.25, 0.3) is 5.91 Å². The summed E-state index contributed by atoms with van der Waals surface area (Å²) >= 11 is 0. The van der Waals surface area contributed by atoms with E-state index in [9.17, 15) is 4.79 Å². The molecule has 0 saturated carbocycles. The maximum absolute atomic E-state index is 11.2. The van der Waals surface area contributed by atoms with Gasteiger partial charge in [0, 0.05) is 6.54 Å². The van der Waals surface area contributed by atoms with E-state index in [0.29, 0.717) is 0 Å². The Bertz CT molecular complexity index is 295. The second kappa shape index (κ2) is 3.85. The SMILES string of the molecule is C[C@@H](O)CNC(=O)c1nc(N)n[nH]1. The van der Waals surface area contributed by atoms with Gasteiger partial charge in [0.2, 0.25) is 11.8 Å². The molecule has 1 aromatic rings. The second-order valence-corrected chi connectivity index (χ2v) is 2.60. The molecule has 7 nitrogen and oxygen atoms in total. The summed E-state index contributed by atoms with van der Waals surface area (Å²) in [5.41, 5.74) is 5.19. The Morgan fingerprint density at radius 1 is 1.85 bits per heavy atom. The lowest BCUT2D eigenvalue weighted by molar-refractivity contribution is 0.0914. The molecule has 1 aromatic heterocycles. The summed E-state index contributed by atoms with van der Waals surface area (Å²) < 4.78 is 0. The molecule has 0 unspecified atom stereocenters. The third-order valence-corrected chi connectivity index (χ3v) is 1.28. The first-order valence-corrected chi connectivity index (χ1v) is 3.73. The molecule has 1 atom stereocenters. The minimum absolute atomic E-state index is 0.0159. The van der Waals surface area contributed by atoms with Crippen LogP contribution in [-0.2, 0) is 0 Å². The lowest BCUT2D eigenvalue weighted by Gasteiger charge is -2.03. The highest BCUT2D eigenvalue weighted by atomic mass is 16.3. The van der Waals surface area contributed by atoms with Crippen LogP contribution < -0.4 is 11.1 Å². The number of nitrogen functional groups attached to an aromatic ring is 1. The number of carbonyl (C=O) groups is 1. The number of aromatic nitrogens is 3. The molecule has 0 fully saturated rings. The van der Waals surface area contributed by atoms with Crippen LogP contribution in [-0.4, -0.2) is 38.8 Å². The maximum Gasteiger partial charge on any atom is 0.288 e. The summed E-state index contributed by atoms with van der Waals surface area (Å²) in [7, 11) is 0. The van der Waals surface area contributed by atoms with E-state index in [-0.39, 0.29) is 18.3 Å². The van der Waals surface area contributed by atoms with Crippen LogP contribution in [0.2, 0.25) is 0 Å². The molecule has 72 valence electrons. The number of hydrogen-bond acceptors (Lipinski definition) is 5. The number of aliphatic hydroxyl groups excluding tert-OH is 1. The molecule has 5 N–H and O–H groups in total. The van der Waals surface area contributed by atoms with E-state index >= 15 is 0 Å². The van der Waals surface area contributed by atoms with Crippen molar-refractivity contribution in [1.29, 1.82) is 0 Å². The van der Waals surface area contributed by atoms with Gasteiger partial charge < -0.3 is 16.2 Å². The van der Waals surface area contributed by atoms with Gasteiger partial charge in [-0.05, 0) is 6.92 Å². The molecule has 0 radical (unpaired) electrons. The predicted molar refractivity (Wildman–Crippen MR) is 44.8 cm³/mol. The molecule has 13 heavy (non-hydrogen) atoms. The van der Waals surface area contributed by atoms with E-state index < -0.39 is 12.0 Å². The molecular formula is C6H11N5O2. The average Bonchev–Trinajstić information content (AvgIpc) is 2.47. The molecule has 1 rings (SSSR count). The number of amides is 1. The van der Waals surface area contributed by atoms with E-state index in [1.165, 1.54) is 0 Å². The summed E-state index contributed by atoms with van der Waals surface area (Å²) in [6.07, 6.45) is -0.593. The van der Waals surface area contributed by atoms with E-state index in [4.69, 9.17) is 10.8 Å². The molecule has 0 aliphatic heterocycles. The Hall–Kier alpha value is -1.63. The van der Waals surface area contributed by atoms with Crippen LogP contribution in [0.5, 0.6) is 0 Å². The van der Waals surface area contributed by atoms with Crippen LogP contribution in [0.15, 0.2) is 0 Å². The number of anilines is 1. The molecule has 0 saturated heterocycles. The number of nitrogens with zero attached hydrogens (tertiary/aromatic N) is 2. The number of hydrogen-bond donors (Lipinski definition) is 4. The topological polar surface area (TPSA) is 117 Å². The molecule has 1 amide bonds. The Morgan fingerprint density at radius 2 is 2.54 bits per heavy atom. The third-order valence-electron chi connectivity index (χ3n) is 1.28. The Morgan fingerprint density at radius 3 is 3.00 bits per heavy atom. The molecule has 7 heteroatoms. The van der Waals surface area contributed by atoms with Crippen LogP contribution >= 0.6 is 0 Å². The van der Waals surface area contributed by atoms with Crippen LogP contribution in [0.3, 0.4) is 0 Å². The number of carbonyl (C=O) groups excluding carboxylic acids is 1. The van der Waals surface area contributed by atoms with E-state index in [1.54, 1.807) is 6.92 Å². The van der Waals surface area contributed by atoms with Gasteiger partial charge in [-0.1, -0.05) is 0 Å². The lowest BCUT2D eigenvalue weighted by Crippen LogP contribution is -2.31. The van der Waals surface area contributed by atoms with Crippen molar-refractivity contribution in [1.82, 2.24) is 20.5 Å². The van der Waals surface area contributed by atoms with Crippen LogP contribution in [0, 0.1) is 0 Å². The van der Waals surface area contributed by atoms with Gasteiger partial charge in [-0.25, -0.2) is 0 Å². The maximum atomic E-state index is 11.2. The van der Waals surface area contributed by atoms with Gasteiger partial charge in [-0.3, -0.25) is 9.89 Å². The first-order valence-electron chi connectivity index (χ1n) is 3.73. The number of nitrogens with one attached hydrogen (secondary N) is 2. The van der Waals surface area contributed by atoms with Gasteiger partial charge in [-0.15, -0.1) is 5.10 Å². The van der Waals surface area contributed by atoms with E-state index in [2.05, 4.69) is 20.5 Å². The molecule has 0 aliphatic carbocycles. The fourth-order valence-corrected chi connectivity index (χ4v) is 0.700. The summed E-state index contributed by atoms with van der Waals surface area (Å²) in [5, 5.41) is 17.1. The quantitative estimate of drug-likeness (QED) is 0.457. The first-order chi connectivity index (χ1) is 6.09. The number of aromatic amines is 1. The van der Waals surface area contributed by atoms with Crippen LogP contribution in [0.1, 0.15) is 17.5 Å². The molecule has 0 spiro atoms. The molecular weight excluding hydrogens is 174 g/mol. The Kier molecular flexibility index (Phi) is 2.80. The van der Waals surface area contributed by atoms with Crippen LogP contribution in [0.25, 0.3) is 0 Å². The highest BCUT2D eigenvalue weighted by Gasteiger charge is 2.10. The van der Waals surface area contributed by atoms with Crippen molar-refractivity contribution in [2.75, 3.05) is 12.3 Å². The van der Waals surface area contributed by atoms with Gasteiger partial charge in [0.15, 0.2) is 0 Å². The number of aliphatic hydroxyl groups is 1. The van der Waals surface area contributed by atoms with Crippen molar-refractivity contribution in [3.63, 3.8) is 0 Å².